The van der Waals surface area contributed by atoms with Crippen molar-refractivity contribution < 1.29 is 0 Å². The summed E-state index contributed by atoms with van der Waals surface area (Å²) in [6.45, 7) is 4.83. The van der Waals surface area contributed by atoms with Crippen molar-refractivity contribution in [1.82, 2.24) is 10.2 Å². The van der Waals surface area contributed by atoms with Gasteiger partial charge in [0.15, 0.2) is 0 Å². The highest BCUT2D eigenvalue weighted by Gasteiger charge is 2.04. The zero-order chi connectivity index (χ0) is 13.7. The lowest BCUT2D eigenvalue weighted by atomic mass is 10.1. The summed E-state index contributed by atoms with van der Waals surface area (Å²) in [6, 6.07) is 12.5. The van der Waals surface area contributed by atoms with E-state index in [-0.39, 0.29) is 0 Å². The lowest BCUT2D eigenvalue weighted by Crippen LogP contribution is -2.20. The van der Waals surface area contributed by atoms with Crippen molar-refractivity contribution in [2.45, 2.75) is 26.3 Å². The van der Waals surface area contributed by atoms with Gasteiger partial charge in [-0.2, -0.15) is 0 Å². The standard InChI is InChI=1S/C15H20N4/c1-11-3-5-13(6-4-11)14-7-8-15(19-18-14)17-12(2)9-10-16/h3-8,12H,9-10,16H2,1-2H3,(H,17,19). The number of hydrogen-bond acceptors (Lipinski definition) is 4. The van der Waals surface area contributed by atoms with E-state index < -0.39 is 0 Å². The van der Waals surface area contributed by atoms with Gasteiger partial charge in [0, 0.05) is 11.6 Å². The monoisotopic (exact) mass is 256 g/mol. The molecule has 0 spiro atoms. The normalized spacial score (nSPS) is 12.2. The van der Waals surface area contributed by atoms with Gasteiger partial charge in [-0.1, -0.05) is 29.8 Å². The van der Waals surface area contributed by atoms with Crippen LogP contribution in [0.3, 0.4) is 0 Å². The van der Waals surface area contributed by atoms with Crippen LogP contribution < -0.4 is 11.1 Å². The van der Waals surface area contributed by atoms with Crippen molar-refractivity contribution in [3.63, 3.8) is 0 Å². The molecule has 0 aliphatic carbocycles. The Bertz CT molecular complexity index is 505. The molecule has 100 valence electrons. The molecule has 0 saturated carbocycles. The molecule has 1 aromatic carbocycles. The van der Waals surface area contributed by atoms with Gasteiger partial charge < -0.3 is 11.1 Å². The number of nitrogens with two attached hydrogens (primary N) is 1. The highest BCUT2D eigenvalue weighted by molar-refractivity contribution is 5.59. The van der Waals surface area contributed by atoms with Gasteiger partial charge in [-0.05, 0) is 38.9 Å². The fourth-order valence-corrected chi connectivity index (χ4v) is 1.86. The molecule has 0 aliphatic heterocycles. The van der Waals surface area contributed by atoms with Crippen LogP contribution in [0.15, 0.2) is 36.4 Å². The Morgan fingerprint density at radius 2 is 1.84 bits per heavy atom. The van der Waals surface area contributed by atoms with E-state index in [1.807, 2.05) is 12.1 Å². The van der Waals surface area contributed by atoms with Gasteiger partial charge in [0.05, 0.1) is 5.69 Å². The van der Waals surface area contributed by atoms with Crippen LogP contribution in [0, 0.1) is 6.92 Å². The third-order valence-electron chi connectivity index (χ3n) is 3.01. The second-order valence-electron chi connectivity index (χ2n) is 4.79. The van der Waals surface area contributed by atoms with E-state index in [1.54, 1.807) is 0 Å². The van der Waals surface area contributed by atoms with E-state index in [2.05, 4.69) is 53.6 Å². The maximum absolute atomic E-state index is 5.52. The second-order valence-corrected chi connectivity index (χ2v) is 4.79. The summed E-state index contributed by atoms with van der Waals surface area (Å²) < 4.78 is 0. The SMILES string of the molecule is Cc1ccc(-c2ccc(NC(C)CCN)nn2)cc1. The molecule has 4 heteroatoms. The van der Waals surface area contributed by atoms with E-state index in [9.17, 15) is 0 Å². The molecule has 2 aromatic rings. The molecule has 0 aliphatic rings. The largest absolute Gasteiger partial charge is 0.366 e. The molecule has 0 saturated heterocycles. The van der Waals surface area contributed by atoms with Crippen molar-refractivity contribution in [2.24, 2.45) is 5.73 Å². The Labute approximate surface area is 114 Å². The van der Waals surface area contributed by atoms with Crippen LogP contribution in [0.1, 0.15) is 18.9 Å². The maximum atomic E-state index is 5.52. The molecule has 0 fully saturated rings. The minimum atomic E-state index is 0.310. The quantitative estimate of drug-likeness (QED) is 0.863. The van der Waals surface area contributed by atoms with Crippen molar-refractivity contribution >= 4 is 5.82 Å². The predicted molar refractivity (Wildman–Crippen MR) is 79.0 cm³/mol. The molecule has 1 unspecified atom stereocenters. The Hall–Kier alpha value is -1.94. The topological polar surface area (TPSA) is 63.8 Å². The molecule has 0 radical (unpaired) electrons. The minimum absolute atomic E-state index is 0.310. The lowest BCUT2D eigenvalue weighted by Gasteiger charge is -2.12. The van der Waals surface area contributed by atoms with Crippen LogP contribution in [-0.4, -0.2) is 22.8 Å². The van der Waals surface area contributed by atoms with Gasteiger partial charge in [0.25, 0.3) is 0 Å². The van der Waals surface area contributed by atoms with Gasteiger partial charge >= 0.3 is 0 Å². The van der Waals surface area contributed by atoms with Crippen molar-refractivity contribution in [3.8, 4) is 11.3 Å². The molecule has 1 heterocycles. The van der Waals surface area contributed by atoms with Crippen LogP contribution in [0.2, 0.25) is 0 Å². The Kier molecular flexibility index (Phi) is 4.47. The summed E-state index contributed by atoms with van der Waals surface area (Å²) in [4.78, 5) is 0. The summed E-state index contributed by atoms with van der Waals surface area (Å²) >= 11 is 0. The second kappa shape index (κ2) is 6.29. The zero-order valence-corrected chi connectivity index (χ0v) is 11.4. The Balaban J connectivity index is 2.08. The number of benzene rings is 1. The van der Waals surface area contributed by atoms with E-state index in [0.717, 1.165) is 23.5 Å². The van der Waals surface area contributed by atoms with Crippen LogP contribution >= 0.6 is 0 Å². The average molecular weight is 256 g/mol. The molecular formula is C15H20N4. The first-order chi connectivity index (χ1) is 9.19. The predicted octanol–water partition coefficient (Wildman–Crippen LogP) is 2.60. The van der Waals surface area contributed by atoms with Gasteiger partial charge in [-0.3, -0.25) is 0 Å². The number of anilines is 1. The van der Waals surface area contributed by atoms with Crippen LogP contribution in [0.5, 0.6) is 0 Å². The molecule has 2 rings (SSSR count). The highest BCUT2D eigenvalue weighted by atomic mass is 15.2. The van der Waals surface area contributed by atoms with E-state index in [0.29, 0.717) is 12.6 Å². The summed E-state index contributed by atoms with van der Waals surface area (Å²) in [6.07, 6.45) is 0.918. The molecule has 0 amide bonds. The molecule has 1 atom stereocenters. The molecule has 0 bridgehead atoms. The first-order valence-electron chi connectivity index (χ1n) is 6.56. The number of hydrogen-bond donors (Lipinski definition) is 2. The van der Waals surface area contributed by atoms with E-state index in [1.165, 1.54) is 5.56 Å². The summed E-state index contributed by atoms with van der Waals surface area (Å²) in [5.74, 6) is 0.789. The van der Waals surface area contributed by atoms with Crippen molar-refractivity contribution in [1.29, 1.82) is 0 Å². The molecule has 19 heavy (non-hydrogen) atoms. The fourth-order valence-electron chi connectivity index (χ4n) is 1.86. The first kappa shape index (κ1) is 13.5. The van der Waals surface area contributed by atoms with Crippen LogP contribution in [-0.2, 0) is 0 Å². The third kappa shape index (κ3) is 3.76. The van der Waals surface area contributed by atoms with Crippen LogP contribution in [0.25, 0.3) is 11.3 Å². The number of aromatic nitrogens is 2. The minimum Gasteiger partial charge on any atom is -0.366 e. The summed E-state index contributed by atoms with van der Waals surface area (Å²) in [5.41, 5.74) is 8.73. The van der Waals surface area contributed by atoms with E-state index in [4.69, 9.17) is 5.73 Å². The zero-order valence-electron chi connectivity index (χ0n) is 11.4. The molecular weight excluding hydrogens is 236 g/mol. The third-order valence-corrected chi connectivity index (χ3v) is 3.01. The fraction of sp³-hybridized carbons (Fsp3) is 0.333. The summed E-state index contributed by atoms with van der Waals surface area (Å²) in [5, 5.41) is 11.7. The Morgan fingerprint density at radius 1 is 1.11 bits per heavy atom. The van der Waals surface area contributed by atoms with Gasteiger partial charge in [0.2, 0.25) is 0 Å². The van der Waals surface area contributed by atoms with Crippen molar-refractivity contribution in [3.05, 3.63) is 42.0 Å². The molecule has 4 nitrogen and oxygen atoms in total. The average Bonchev–Trinajstić information content (AvgIpc) is 2.41. The number of aryl methyl sites for hydroxylation is 1. The number of nitrogens with zero attached hydrogens (tertiary/aromatic N) is 2. The van der Waals surface area contributed by atoms with Crippen molar-refractivity contribution in [2.75, 3.05) is 11.9 Å². The molecule has 3 N–H and O–H groups in total. The number of rotatable bonds is 5. The Morgan fingerprint density at radius 3 is 2.42 bits per heavy atom. The maximum Gasteiger partial charge on any atom is 0.148 e. The smallest absolute Gasteiger partial charge is 0.148 e. The van der Waals surface area contributed by atoms with Gasteiger partial charge in [-0.25, -0.2) is 0 Å². The summed E-state index contributed by atoms with van der Waals surface area (Å²) in [7, 11) is 0. The van der Waals surface area contributed by atoms with Gasteiger partial charge in [-0.15, -0.1) is 10.2 Å². The number of nitrogens with one attached hydrogen (secondary N) is 1. The van der Waals surface area contributed by atoms with Crippen LogP contribution in [0.4, 0.5) is 5.82 Å². The lowest BCUT2D eigenvalue weighted by molar-refractivity contribution is 0.711. The van der Waals surface area contributed by atoms with E-state index >= 15 is 0 Å². The first-order valence-corrected chi connectivity index (χ1v) is 6.56. The van der Waals surface area contributed by atoms with Gasteiger partial charge in [0.1, 0.15) is 5.82 Å². The highest BCUT2D eigenvalue weighted by Crippen LogP contribution is 2.17. The molecule has 1 aromatic heterocycles.